The van der Waals surface area contributed by atoms with Crippen molar-refractivity contribution < 1.29 is 4.74 Å². The van der Waals surface area contributed by atoms with Crippen LogP contribution in [0.4, 0.5) is 0 Å². The van der Waals surface area contributed by atoms with E-state index in [9.17, 15) is 0 Å². The minimum Gasteiger partial charge on any atom is -0.468 e. The lowest BCUT2D eigenvalue weighted by Gasteiger charge is -2.23. The normalized spacial score (nSPS) is 22.1. The number of hydrogen-bond donors (Lipinski definition) is 1. The van der Waals surface area contributed by atoms with Crippen molar-refractivity contribution in [2.24, 2.45) is 0 Å². The van der Waals surface area contributed by atoms with Crippen LogP contribution in [0.25, 0.3) is 0 Å². The zero-order chi connectivity index (χ0) is 8.39. The van der Waals surface area contributed by atoms with Crippen LogP contribution >= 0.6 is 0 Å². The second kappa shape index (κ2) is 3.00. The first-order valence-electron chi connectivity index (χ1n) is 4.07. The molecule has 0 radical (unpaired) electrons. The van der Waals surface area contributed by atoms with Crippen LogP contribution in [-0.2, 0) is 4.74 Å². The molecule has 3 nitrogen and oxygen atoms in total. The van der Waals surface area contributed by atoms with E-state index in [1.807, 2.05) is 0 Å². The number of rotatable bonds is 0. The Morgan fingerprint density at radius 3 is 3.33 bits per heavy atom. The first kappa shape index (κ1) is 7.38. The molecular formula is C9H10N2O. The fraction of sp³-hybridized carbons (Fsp3) is 0.444. The van der Waals surface area contributed by atoms with Crippen molar-refractivity contribution in [3.05, 3.63) is 23.2 Å². The van der Waals surface area contributed by atoms with Crippen LogP contribution in [0.5, 0.6) is 0 Å². The number of ether oxygens (including phenoxy) is 1. The third kappa shape index (κ3) is 1.21. The van der Waals surface area contributed by atoms with Gasteiger partial charge in [0.1, 0.15) is 12.0 Å². The molecule has 0 unspecified atom stereocenters. The zero-order valence-corrected chi connectivity index (χ0v) is 6.76. The van der Waals surface area contributed by atoms with E-state index >= 15 is 0 Å². The molecule has 0 fully saturated rings. The number of nitrogens with one attached hydrogen (secondary N) is 1. The number of nitrogens with zero attached hydrogens (tertiary/aromatic N) is 1. The Hall–Kier alpha value is -1.27. The van der Waals surface area contributed by atoms with Gasteiger partial charge in [-0.3, -0.25) is 0 Å². The summed E-state index contributed by atoms with van der Waals surface area (Å²) in [6.07, 6.45) is 3.29. The van der Waals surface area contributed by atoms with Crippen LogP contribution in [0.1, 0.15) is 12.8 Å². The van der Waals surface area contributed by atoms with Crippen molar-refractivity contribution in [1.82, 2.24) is 5.32 Å². The van der Waals surface area contributed by atoms with Crippen LogP contribution in [0.15, 0.2) is 23.2 Å². The summed E-state index contributed by atoms with van der Waals surface area (Å²) in [4.78, 5) is 0. The topological polar surface area (TPSA) is 45.0 Å². The second-order valence-electron chi connectivity index (χ2n) is 3.00. The first-order chi connectivity index (χ1) is 5.90. The van der Waals surface area contributed by atoms with Crippen molar-refractivity contribution in [3.63, 3.8) is 0 Å². The zero-order valence-electron chi connectivity index (χ0n) is 6.76. The third-order valence-corrected chi connectivity index (χ3v) is 2.15. The van der Waals surface area contributed by atoms with Crippen molar-refractivity contribution in [2.75, 3.05) is 13.1 Å². The van der Waals surface area contributed by atoms with Crippen LogP contribution < -0.4 is 5.32 Å². The second-order valence-corrected chi connectivity index (χ2v) is 3.00. The van der Waals surface area contributed by atoms with Gasteiger partial charge in [0.25, 0.3) is 0 Å². The third-order valence-electron chi connectivity index (χ3n) is 2.15. The molecule has 0 saturated carbocycles. The summed E-state index contributed by atoms with van der Waals surface area (Å²) >= 11 is 0. The number of allylic oxidation sites excluding steroid dienone is 1. The average Bonchev–Trinajstić information content (AvgIpc) is 2.17. The van der Waals surface area contributed by atoms with Crippen LogP contribution in [-0.4, -0.2) is 13.1 Å². The van der Waals surface area contributed by atoms with E-state index in [0.717, 1.165) is 37.3 Å². The minimum atomic E-state index is 0.720. The lowest BCUT2D eigenvalue weighted by Crippen LogP contribution is -2.27. The van der Waals surface area contributed by atoms with Gasteiger partial charge in [-0.2, -0.15) is 5.26 Å². The van der Waals surface area contributed by atoms with Crippen molar-refractivity contribution in [2.45, 2.75) is 12.8 Å². The van der Waals surface area contributed by atoms with E-state index in [4.69, 9.17) is 10.00 Å². The summed E-state index contributed by atoms with van der Waals surface area (Å²) in [5, 5.41) is 11.9. The molecule has 0 aromatic carbocycles. The van der Waals surface area contributed by atoms with E-state index < -0.39 is 0 Å². The summed E-state index contributed by atoms with van der Waals surface area (Å²) in [5.74, 6) is 1.06. The van der Waals surface area contributed by atoms with E-state index in [1.54, 1.807) is 6.26 Å². The van der Waals surface area contributed by atoms with Gasteiger partial charge in [-0.15, -0.1) is 0 Å². The molecule has 0 aromatic heterocycles. The molecule has 0 aromatic rings. The summed E-state index contributed by atoms with van der Waals surface area (Å²) in [6.45, 7) is 1.85. The Bertz CT molecular complexity index is 296. The molecule has 0 bridgehead atoms. The summed E-state index contributed by atoms with van der Waals surface area (Å²) < 4.78 is 5.34. The maximum Gasteiger partial charge on any atom is 0.105 e. The van der Waals surface area contributed by atoms with Gasteiger partial charge in [0.05, 0.1) is 11.6 Å². The predicted molar refractivity (Wildman–Crippen MR) is 43.9 cm³/mol. The highest BCUT2D eigenvalue weighted by Crippen LogP contribution is 2.25. The number of hydrogen-bond acceptors (Lipinski definition) is 3. The predicted octanol–water partition coefficient (Wildman–Crippen LogP) is 1.06. The lowest BCUT2D eigenvalue weighted by molar-refractivity contribution is 0.302. The molecule has 0 spiro atoms. The molecule has 62 valence electrons. The molecule has 2 rings (SSSR count). The first-order valence-corrected chi connectivity index (χ1v) is 4.07. The molecule has 0 aliphatic carbocycles. The van der Waals surface area contributed by atoms with Gasteiger partial charge in [0, 0.05) is 25.9 Å². The Morgan fingerprint density at radius 2 is 2.50 bits per heavy atom. The maximum absolute atomic E-state index is 8.64. The maximum atomic E-state index is 8.64. The Kier molecular flexibility index (Phi) is 1.84. The molecule has 0 atom stereocenters. The molecule has 2 heterocycles. The van der Waals surface area contributed by atoms with Gasteiger partial charge in [-0.1, -0.05) is 0 Å². The van der Waals surface area contributed by atoms with E-state index in [2.05, 4.69) is 11.4 Å². The van der Waals surface area contributed by atoms with E-state index in [1.165, 1.54) is 5.57 Å². The molecule has 0 saturated heterocycles. The summed E-state index contributed by atoms with van der Waals surface area (Å²) in [7, 11) is 0. The highest BCUT2D eigenvalue weighted by Gasteiger charge is 2.18. The molecule has 3 heteroatoms. The monoisotopic (exact) mass is 162 g/mol. The Morgan fingerprint density at radius 1 is 1.58 bits per heavy atom. The van der Waals surface area contributed by atoms with Crippen molar-refractivity contribution >= 4 is 0 Å². The molecular weight excluding hydrogens is 152 g/mol. The van der Waals surface area contributed by atoms with Crippen LogP contribution in [0, 0.1) is 11.3 Å². The highest BCUT2D eigenvalue weighted by molar-refractivity contribution is 5.32. The molecule has 2 aliphatic heterocycles. The van der Waals surface area contributed by atoms with Gasteiger partial charge in [0.2, 0.25) is 0 Å². The quantitative estimate of drug-likeness (QED) is 0.579. The van der Waals surface area contributed by atoms with Crippen LogP contribution in [0.3, 0.4) is 0 Å². The molecule has 2 aliphatic rings. The molecule has 1 N–H and O–H groups in total. The highest BCUT2D eigenvalue weighted by atomic mass is 16.5. The largest absolute Gasteiger partial charge is 0.468 e. The van der Waals surface area contributed by atoms with Gasteiger partial charge >= 0.3 is 0 Å². The lowest BCUT2D eigenvalue weighted by atomic mass is 10.0. The van der Waals surface area contributed by atoms with Gasteiger partial charge < -0.3 is 10.1 Å². The summed E-state index contributed by atoms with van der Waals surface area (Å²) in [6, 6.07) is 2.11. The minimum absolute atomic E-state index is 0.720. The van der Waals surface area contributed by atoms with Gasteiger partial charge in [0.15, 0.2) is 0 Å². The summed E-state index contributed by atoms with van der Waals surface area (Å²) in [5.41, 5.74) is 1.96. The standard InChI is InChI=1S/C9H10N2O/c10-4-7-3-8-5-11-2-1-9(8)12-6-7/h6,11H,1-3,5H2. The molecule has 12 heavy (non-hydrogen) atoms. The Balaban J connectivity index is 2.16. The Labute approximate surface area is 71.3 Å². The van der Waals surface area contributed by atoms with Crippen molar-refractivity contribution in [3.8, 4) is 6.07 Å². The SMILES string of the molecule is N#CC1=COC2=C(CNCC2)C1. The van der Waals surface area contributed by atoms with E-state index in [-0.39, 0.29) is 0 Å². The fourth-order valence-electron chi connectivity index (χ4n) is 1.50. The smallest absolute Gasteiger partial charge is 0.105 e. The van der Waals surface area contributed by atoms with Crippen LogP contribution in [0.2, 0.25) is 0 Å². The van der Waals surface area contributed by atoms with E-state index in [0.29, 0.717) is 0 Å². The number of nitriles is 1. The average molecular weight is 162 g/mol. The molecule has 0 amide bonds. The van der Waals surface area contributed by atoms with Gasteiger partial charge in [-0.05, 0) is 5.57 Å². The fourth-order valence-corrected chi connectivity index (χ4v) is 1.50. The van der Waals surface area contributed by atoms with Crippen molar-refractivity contribution in [1.29, 1.82) is 5.26 Å². The van der Waals surface area contributed by atoms with Gasteiger partial charge in [-0.25, -0.2) is 0 Å².